The number of ether oxygens (including phenoxy) is 2. The number of anilines is 1. The number of carbonyl (C=O) groups is 2. The highest BCUT2D eigenvalue weighted by atomic mass is 35.5. The molecule has 0 unspecified atom stereocenters. The number of benzene rings is 2. The molecule has 0 atom stereocenters. The first-order valence-corrected chi connectivity index (χ1v) is 9.10. The molecule has 0 saturated heterocycles. The molecule has 0 aromatic heterocycles. The first-order chi connectivity index (χ1) is 14.7. The van der Waals surface area contributed by atoms with Crippen LogP contribution >= 0.6 is 11.6 Å². The largest absolute Gasteiger partial charge is 0.493 e. The molecule has 2 aromatic rings. The molecule has 10 nitrogen and oxygen atoms in total. The molecule has 1 heterocycles. The van der Waals surface area contributed by atoms with Crippen LogP contribution in [0.1, 0.15) is 22.8 Å². The Morgan fingerprint density at radius 1 is 1.23 bits per heavy atom. The fourth-order valence-corrected chi connectivity index (χ4v) is 3.18. The summed E-state index contributed by atoms with van der Waals surface area (Å²) in [6, 6.07) is 6.61. The molecule has 0 fully saturated rings. The Morgan fingerprint density at radius 3 is 2.45 bits per heavy atom. The lowest BCUT2D eigenvalue weighted by atomic mass is 10.0. The van der Waals surface area contributed by atoms with Crippen LogP contribution in [0.25, 0.3) is 6.08 Å². The molecule has 160 valence electrons. The van der Waals surface area contributed by atoms with E-state index in [4.69, 9.17) is 21.1 Å². The summed E-state index contributed by atoms with van der Waals surface area (Å²) < 4.78 is 10.3. The standard InChI is InChI=1S/C20H16ClN3O7/c1-10-13(6-11-7-17(30-2)18(31-3)9-16(11)24(28)29)19(25)23(22-10)12-4-5-15(21)14(8-12)20(26)27/h4-9H,1-3H3,(H,26,27)/b13-6+. The molecule has 11 heteroatoms. The van der Waals surface area contributed by atoms with E-state index in [0.717, 1.165) is 5.01 Å². The highest BCUT2D eigenvalue weighted by Gasteiger charge is 2.31. The van der Waals surface area contributed by atoms with Crippen LogP contribution in [0.5, 0.6) is 11.5 Å². The normalized spacial score (nSPS) is 14.6. The van der Waals surface area contributed by atoms with Crippen LogP contribution in [0.3, 0.4) is 0 Å². The number of nitrogens with zero attached hydrogens (tertiary/aromatic N) is 3. The van der Waals surface area contributed by atoms with Crippen molar-refractivity contribution >= 4 is 46.6 Å². The number of carbonyl (C=O) groups excluding carboxylic acids is 1. The van der Waals surface area contributed by atoms with E-state index in [0.29, 0.717) is 5.71 Å². The SMILES string of the molecule is COc1cc(/C=C2/C(=O)N(c3ccc(Cl)c(C(=O)O)c3)N=C2C)c([N+](=O)[O-])cc1OC. The Bertz CT molecular complexity index is 1170. The molecule has 0 spiro atoms. The van der Waals surface area contributed by atoms with Gasteiger partial charge in [0.1, 0.15) is 0 Å². The first kappa shape index (κ1) is 21.8. The zero-order chi connectivity index (χ0) is 22.9. The van der Waals surface area contributed by atoms with Gasteiger partial charge in [-0.1, -0.05) is 11.6 Å². The molecule has 0 bridgehead atoms. The fraction of sp³-hybridized carbons (Fsp3) is 0.150. The third-order valence-corrected chi connectivity index (χ3v) is 4.85. The fourth-order valence-electron chi connectivity index (χ4n) is 2.98. The Labute approximate surface area is 181 Å². The van der Waals surface area contributed by atoms with Crippen LogP contribution in [0, 0.1) is 10.1 Å². The van der Waals surface area contributed by atoms with Gasteiger partial charge in [0.2, 0.25) is 0 Å². The molecular weight excluding hydrogens is 430 g/mol. The zero-order valence-corrected chi connectivity index (χ0v) is 17.3. The number of hydrogen-bond donors (Lipinski definition) is 1. The summed E-state index contributed by atoms with van der Waals surface area (Å²) in [4.78, 5) is 35.2. The van der Waals surface area contributed by atoms with Crippen LogP contribution in [0.2, 0.25) is 5.02 Å². The molecule has 31 heavy (non-hydrogen) atoms. The van der Waals surface area contributed by atoms with Gasteiger partial charge in [-0.05, 0) is 37.3 Å². The van der Waals surface area contributed by atoms with Crippen LogP contribution < -0.4 is 14.5 Å². The number of nitro groups is 1. The third-order valence-electron chi connectivity index (χ3n) is 4.52. The minimum absolute atomic E-state index is 0.0142. The topological polar surface area (TPSA) is 132 Å². The maximum Gasteiger partial charge on any atom is 0.337 e. The van der Waals surface area contributed by atoms with E-state index in [1.807, 2.05) is 0 Å². The molecule has 3 rings (SSSR count). The van der Waals surface area contributed by atoms with Gasteiger partial charge in [-0.15, -0.1) is 0 Å². The summed E-state index contributed by atoms with van der Waals surface area (Å²) in [5, 5.41) is 26.0. The maximum atomic E-state index is 13.0. The predicted molar refractivity (Wildman–Crippen MR) is 113 cm³/mol. The van der Waals surface area contributed by atoms with E-state index in [1.165, 1.54) is 50.6 Å². The van der Waals surface area contributed by atoms with Crippen molar-refractivity contribution in [3.8, 4) is 11.5 Å². The predicted octanol–water partition coefficient (Wildman–Crippen LogP) is 3.77. The Morgan fingerprint density at radius 2 is 1.87 bits per heavy atom. The smallest absolute Gasteiger partial charge is 0.337 e. The van der Waals surface area contributed by atoms with Crippen molar-refractivity contribution in [2.45, 2.75) is 6.92 Å². The number of halogens is 1. The number of nitro benzene ring substituents is 1. The van der Waals surface area contributed by atoms with Crippen molar-refractivity contribution in [2.24, 2.45) is 5.10 Å². The van der Waals surface area contributed by atoms with E-state index in [1.54, 1.807) is 6.92 Å². The number of aromatic carboxylic acids is 1. The summed E-state index contributed by atoms with van der Waals surface area (Å²) >= 11 is 5.88. The molecule has 1 aliphatic rings. The summed E-state index contributed by atoms with van der Waals surface area (Å²) in [6.45, 7) is 1.56. The monoisotopic (exact) mass is 445 g/mol. The van der Waals surface area contributed by atoms with Crippen LogP contribution in [-0.2, 0) is 4.79 Å². The number of carboxylic acid groups (broad SMARTS) is 1. The first-order valence-electron chi connectivity index (χ1n) is 8.73. The molecule has 1 N–H and O–H groups in total. The summed E-state index contributed by atoms with van der Waals surface area (Å²) in [7, 11) is 2.74. The number of hydrazone groups is 1. The van der Waals surface area contributed by atoms with Gasteiger partial charge in [-0.25, -0.2) is 4.79 Å². The van der Waals surface area contributed by atoms with Crippen molar-refractivity contribution in [3.05, 3.63) is 62.2 Å². The lowest BCUT2D eigenvalue weighted by Crippen LogP contribution is -2.21. The molecule has 1 aliphatic heterocycles. The van der Waals surface area contributed by atoms with Crippen LogP contribution in [0.4, 0.5) is 11.4 Å². The van der Waals surface area contributed by atoms with Gasteiger partial charge in [0.25, 0.3) is 11.6 Å². The van der Waals surface area contributed by atoms with Crippen LogP contribution in [-0.4, -0.2) is 41.8 Å². The van der Waals surface area contributed by atoms with Crippen LogP contribution in [0.15, 0.2) is 41.0 Å². The lowest BCUT2D eigenvalue weighted by molar-refractivity contribution is -0.385. The zero-order valence-electron chi connectivity index (χ0n) is 16.6. The Balaban J connectivity index is 2.07. The lowest BCUT2D eigenvalue weighted by Gasteiger charge is -2.13. The van der Waals surface area contributed by atoms with Gasteiger partial charge in [0.15, 0.2) is 11.5 Å². The van der Waals surface area contributed by atoms with Gasteiger partial charge in [-0.3, -0.25) is 14.9 Å². The Hall–Kier alpha value is -3.92. The van der Waals surface area contributed by atoms with Gasteiger partial charge >= 0.3 is 5.97 Å². The summed E-state index contributed by atoms with van der Waals surface area (Å²) in [5.41, 5.74) is 0.223. The van der Waals surface area contributed by atoms with E-state index < -0.39 is 16.8 Å². The minimum atomic E-state index is -1.25. The quantitative estimate of drug-likeness (QED) is 0.406. The van der Waals surface area contributed by atoms with Crippen molar-refractivity contribution in [3.63, 3.8) is 0 Å². The van der Waals surface area contributed by atoms with E-state index in [-0.39, 0.29) is 44.6 Å². The van der Waals surface area contributed by atoms with Gasteiger partial charge in [0.05, 0.1) is 58.3 Å². The van der Waals surface area contributed by atoms with Gasteiger partial charge in [-0.2, -0.15) is 10.1 Å². The second-order valence-corrected chi connectivity index (χ2v) is 6.76. The average Bonchev–Trinajstić information content (AvgIpc) is 3.01. The second kappa shape index (κ2) is 8.44. The third kappa shape index (κ3) is 4.05. The van der Waals surface area contributed by atoms with E-state index in [9.17, 15) is 24.8 Å². The van der Waals surface area contributed by atoms with Gasteiger partial charge in [0, 0.05) is 0 Å². The highest BCUT2D eigenvalue weighted by molar-refractivity contribution is 6.34. The van der Waals surface area contributed by atoms with E-state index >= 15 is 0 Å². The molecule has 0 saturated carbocycles. The molecule has 2 aromatic carbocycles. The summed E-state index contributed by atoms with van der Waals surface area (Å²) in [5.74, 6) is -1.42. The number of rotatable bonds is 6. The number of hydrogen-bond acceptors (Lipinski definition) is 7. The van der Waals surface area contributed by atoms with Crippen molar-refractivity contribution < 1.29 is 29.1 Å². The van der Waals surface area contributed by atoms with Crippen molar-refractivity contribution in [2.75, 3.05) is 19.2 Å². The maximum absolute atomic E-state index is 13.0. The summed E-state index contributed by atoms with van der Waals surface area (Å²) in [6.07, 6.45) is 1.33. The minimum Gasteiger partial charge on any atom is -0.493 e. The highest BCUT2D eigenvalue weighted by Crippen LogP contribution is 2.36. The number of methoxy groups -OCH3 is 2. The molecule has 1 amide bonds. The number of amides is 1. The van der Waals surface area contributed by atoms with E-state index in [2.05, 4.69) is 5.10 Å². The molecule has 0 radical (unpaired) electrons. The molecule has 0 aliphatic carbocycles. The second-order valence-electron chi connectivity index (χ2n) is 6.35. The molecular formula is C20H16ClN3O7. The van der Waals surface area contributed by atoms with Crippen molar-refractivity contribution in [1.82, 2.24) is 0 Å². The van der Waals surface area contributed by atoms with Crippen molar-refractivity contribution in [1.29, 1.82) is 0 Å². The van der Waals surface area contributed by atoms with Gasteiger partial charge < -0.3 is 14.6 Å². The number of carboxylic acids is 1. The Kier molecular flexibility index (Phi) is 5.93. The average molecular weight is 446 g/mol.